The minimum atomic E-state index is 0.376. The van der Waals surface area contributed by atoms with Gasteiger partial charge in [-0.15, -0.1) is 0 Å². The van der Waals surface area contributed by atoms with Crippen molar-refractivity contribution in [1.29, 1.82) is 0 Å². The largest absolute Gasteiger partial charge is 0.435 e. The number of rotatable bonds is 3. The van der Waals surface area contributed by atoms with Crippen molar-refractivity contribution in [1.82, 2.24) is 15.0 Å². The standard InChI is InChI=1S/C19H21N5O/c1-13-6-2-3-11-24(13)18-16(20)19(23-12-22-18)25-15-9-4-7-14-8-5-10-21-17(14)15/h4-5,7-10,12-13H,2-3,6,11,20H2,1H3. The zero-order chi connectivity index (χ0) is 17.2. The van der Waals surface area contributed by atoms with Crippen molar-refractivity contribution in [2.75, 3.05) is 17.2 Å². The molecule has 1 fully saturated rings. The SMILES string of the molecule is CC1CCCCN1c1ncnc(Oc2cccc3cccnc23)c1N. The maximum atomic E-state index is 6.36. The van der Waals surface area contributed by atoms with Crippen molar-refractivity contribution in [2.24, 2.45) is 0 Å². The van der Waals surface area contributed by atoms with Gasteiger partial charge in [-0.2, -0.15) is 4.98 Å². The van der Waals surface area contributed by atoms with Crippen molar-refractivity contribution < 1.29 is 4.74 Å². The molecule has 1 aliphatic rings. The van der Waals surface area contributed by atoms with Crippen LogP contribution in [0.5, 0.6) is 11.6 Å². The molecule has 3 heterocycles. The minimum absolute atomic E-state index is 0.376. The predicted molar refractivity (Wildman–Crippen MR) is 98.9 cm³/mol. The summed E-state index contributed by atoms with van der Waals surface area (Å²) in [6.07, 6.45) is 6.80. The Labute approximate surface area is 146 Å². The first-order valence-electron chi connectivity index (χ1n) is 8.63. The van der Waals surface area contributed by atoms with Crippen LogP contribution in [-0.2, 0) is 0 Å². The van der Waals surface area contributed by atoms with Gasteiger partial charge in [0.1, 0.15) is 17.5 Å². The minimum Gasteiger partial charge on any atom is -0.435 e. The molecule has 0 aliphatic carbocycles. The lowest BCUT2D eigenvalue weighted by Gasteiger charge is -2.35. The zero-order valence-electron chi connectivity index (χ0n) is 14.2. The van der Waals surface area contributed by atoms with E-state index in [2.05, 4.69) is 26.8 Å². The number of nitrogens with two attached hydrogens (primary N) is 1. The van der Waals surface area contributed by atoms with Crippen LogP contribution in [0.3, 0.4) is 0 Å². The molecule has 3 aromatic rings. The Hall–Kier alpha value is -2.89. The molecular formula is C19H21N5O. The maximum absolute atomic E-state index is 6.36. The molecule has 4 rings (SSSR count). The highest BCUT2D eigenvalue weighted by Crippen LogP contribution is 2.35. The van der Waals surface area contributed by atoms with Crippen LogP contribution in [0.25, 0.3) is 10.9 Å². The van der Waals surface area contributed by atoms with E-state index in [1.54, 1.807) is 6.20 Å². The lowest BCUT2D eigenvalue weighted by atomic mass is 10.0. The Morgan fingerprint density at radius 3 is 2.88 bits per heavy atom. The third kappa shape index (κ3) is 2.95. The quantitative estimate of drug-likeness (QED) is 0.785. The van der Waals surface area contributed by atoms with Crippen molar-refractivity contribution in [2.45, 2.75) is 32.2 Å². The first-order valence-corrected chi connectivity index (χ1v) is 8.63. The second kappa shape index (κ2) is 6.55. The van der Waals surface area contributed by atoms with Crippen LogP contribution in [0.2, 0.25) is 0 Å². The van der Waals surface area contributed by atoms with Gasteiger partial charge < -0.3 is 15.4 Å². The number of hydrogen-bond acceptors (Lipinski definition) is 6. The molecule has 0 bridgehead atoms. The van der Waals surface area contributed by atoms with Crippen molar-refractivity contribution in [3.05, 3.63) is 42.9 Å². The number of fused-ring (bicyclic) bond motifs is 1. The van der Waals surface area contributed by atoms with E-state index in [1.807, 2.05) is 30.3 Å². The van der Waals surface area contributed by atoms with E-state index < -0.39 is 0 Å². The van der Waals surface area contributed by atoms with Gasteiger partial charge in [0, 0.05) is 24.2 Å². The highest BCUT2D eigenvalue weighted by Gasteiger charge is 2.23. The van der Waals surface area contributed by atoms with E-state index in [4.69, 9.17) is 10.5 Å². The Morgan fingerprint density at radius 2 is 2.00 bits per heavy atom. The number of nitrogens with zero attached hydrogens (tertiary/aromatic N) is 4. The fraction of sp³-hybridized carbons (Fsp3) is 0.316. The third-order valence-electron chi connectivity index (χ3n) is 4.70. The van der Waals surface area contributed by atoms with Gasteiger partial charge in [-0.1, -0.05) is 18.2 Å². The normalized spacial score (nSPS) is 17.6. The van der Waals surface area contributed by atoms with Crippen LogP contribution in [0.1, 0.15) is 26.2 Å². The number of aromatic nitrogens is 3. The Bertz CT molecular complexity index is 893. The molecule has 1 atom stereocenters. The van der Waals surface area contributed by atoms with Gasteiger partial charge in [0.15, 0.2) is 11.6 Å². The maximum Gasteiger partial charge on any atom is 0.248 e. The monoisotopic (exact) mass is 335 g/mol. The molecular weight excluding hydrogens is 314 g/mol. The number of ether oxygens (including phenoxy) is 1. The van der Waals surface area contributed by atoms with E-state index in [9.17, 15) is 0 Å². The molecule has 0 radical (unpaired) electrons. The second-order valence-corrected chi connectivity index (χ2v) is 6.39. The number of para-hydroxylation sites is 1. The summed E-state index contributed by atoms with van der Waals surface area (Å²) in [4.78, 5) is 15.3. The third-order valence-corrected chi connectivity index (χ3v) is 4.70. The molecule has 6 heteroatoms. The van der Waals surface area contributed by atoms with E-state index in [0.717, 1.165) is 36.1 Å². The average Bonchev–Trinajstić information content (AvgIpc) is 2.64. The number of benzene rings is 1. The molecule has 1 aliphatic heterocycles. The highest BCUT2D eigenvalue weighted by molar-refractivity contribution is 5.84. The second-order valence-electron chi connectivity index (χ2n) is 6.39. The fourth-order valence-corrected chi connectivity index (χ4v) is 3.36. The van der Waals surface area contributed by atoms with E-state index in [1.165, 1.54) is 12.7 Å². The lowest BCUT2D eigenvalue weighted by molar-refractivity contribution is 0.462. The number of anilines is 2. The summed E-state index contributed by atoms with van der Waals surface area (Å²) in [5.74, 6) is 1.77. The number of nitrogen functional groups attached to an aromatic ring is 1. The first-order chi connectivity index (χ1) is 12.2. The number of hydrogen-bond donors (Lipinski definition) is 1. The van der Waals surface area contributed by atoms with E-state index in [0.29, 0.717) is 23.4 Å². The molecule has 1 aromatic carbocycles. The number of pyridine rings is 1. The van der Waals surface area contributed by atoms with Crippen LogP contribution in [0.4, 0.5) is 11.5 Å². The first kappa shape index (κ1) is 15.6. The van der Waals surface area contributed by atoms with Gasteiger partial charge in [-0.05, 0) is 38.3 Å². The van der Waals surface area contributed by atoms with Gasteiger partial charge >= 0.3 is 0 Å². The molecule has 1 saturated heterocycles. The molecule has 2 N–H and O–H groups in total. The van der Waals surface area contributed by atoms with Crippen LogP contribution in [-0.4, -0.2) is 27.5 Å². The molecule has 25 heavy (non-hydrogen) atoms. The van der Waals surface area contributed by atoms with Crippen molar-refractivity contribution >= 4 is 22.4 Å². The highest BCUT2D eigenvalue weighted by atomic mass is 16.5. The van der Waals surface area contributed by atoms with Crippen LogP contribution in [0, 0.1) is 0 Å². The Kier molecular flexibility index (Phi) is 4.09. The topological polar surface area (TPSA) is 77.2 Å². The summed E-state index contributed by atoms with van der Waals surface area (Å²) in [5.41, 5.74) is 7.62. The smallest absolute Gasteiger partial charge is 0.248 e. The molecule has 6 nitrogen and oxygen atoms in total. The molecule has 0 amide bonds. The van der Waals surface area contributed by atoms with Crippen LogP contribution >= 0.6 is 0 Å². The summed E-state index contributed by atoms with van der Waals surface area (Å²) in [6, 6.07) is 10.1. The summed E-state index contributed by atoms with van der Waals surface area (Å²) in [7, 11) is 0. The van der Waals surface area contributed by atoms with Crippen LogP contribution < -0.4 is 15.4 Å². The molecule has 128 valence electrons. The van der Waals surface area contributed by atoms with Gasteiger partial charge in [0.05, 0.1) is 0 Å². The van der Waals surface area contributed by atoms with E-state index in [-0.39, 0.29) is 0 Å². The fourth-order valence-electron chi connectivity index (χ4n) is 3.36. The predicted octanol–water partition coefficient (Wildman–Crippen LogP) is 3.78. The van der Waals surface area contributed by atoms with Crippen molar-refractivity contribution in [3.63, 3.8) is 0 Å². The van der Waals surface area contributed by atoms with Gasteiger partial charge in [0.2, 0.25) is 5.88 Å². The molecule has 0 saturated carbocycles. The molecule has 1 unspecified atom stereocenters. The van der Waals surface area contributed by atoms with E-state index >= 15 is 0 Å². The summed E-state index contributed by atoms with van der Waals surface area (Å²) in [6.45, 7) is 3.16. The molecule has 0 spiro atoms. The lowest BCUT2D eigenvalue weighted by Crippen LogP contribution is -2.38. The van der Waals surface area contributed by atoms with Crippen LogP contribution in [0.15, 0.2) is 42.9 Å². The average molecular weight is 335 g/mol. The number of piperidine rings is 1. The zero-order valence-corrected chi connectivity index (χ0v) is 14.2. The van der Waals surface area contributed by atoms with Crippen molar-refractivity contribution in [3.8, 4) is 11.6 Å². The van der Waals surface area contributed by atoms with Gasteiger partial charge in [0.25, 0.3) is 0 Å². The Balaban J connectivity index is 1.70. The summed E-state index contributed by atoms with van der Waals surface area (Å²) >= 11 is 0. The van der Waals surface area contributed by atoms with Gasteiger partial charge in [-0.3, -0.25) is 4.98 Å². The Morgan fingerprint density at radius 1 is 1.12 bits per heavy atom. The summed E-state index contributed by atoms with van der Waals surface area (Å²) in [5, 5.41) is 1.01. The summed E-state index contributed by atoms with van der Waals surface area (Å²) < 4.78 is 6.02. The van der Waals surface area contributed by atoms with Gasteiger partial charge in [-0.25, -0.2) is 4.98 Å². The molecule has 2 aromatic heterocycles.